The van der Waals surface area contributed by atoms with Gasteiger partial charge < -0.3 is 5.11 Å². The van der Waals surface area contributed by atoms with Crippen molar-refractivity contribution in [2.45, 2.75) is 13.8 Å². The number of aryl methyl sites for hydroxylation is 1. The van der Waals surface area contributed by atoms with Gasteiger partial charge in [-0.3, -0.25) is 10.1 Å². The zero-order valence-corrected chi connectivity index (χ0v) is 12.1. The molecule has 0 atom stereocenters. The van der Waals surface area contributed by atoms with Crippen molar-refractivity contribution in [2.24, 2.45) is 0 Å². The topological polar surface area (TPSA) is 111 Å². The number of carbonyl (C=O) groups is 1. The summed E-state index contributed by atoms with van der Waals surface area (Å²) in [7, 11) is 0. The van der Waals surface area contributed by atoms with E-state index in [0.29, 0.717) is 4.47 Å². The minimum Gasteiger partial charge on any atom is -0.478 e. The smallest absolute Gasteiger partial charge is 0.339 e. The molecule has 9 heteroatoms. The lowest BCUT2D eigenvalue weighted by atomic mass is 10.2. The van der Waals surface area contributed by atoms with Crippen molar-refractivity contribution in [3.63, 3.8) is 0 Å². The number of rotatable bonds is 3. The van der Waals surface area contributed by atoms with E-state index in [1.54, 1.807) is 0 Å². The molecule has 20 heavy (non-hydrogen) atoms. The Morgan fingerprint density at radius 2 is 2.15 bits per heavy atom. The fourth-order valence-electron chi connectivity index (χ4n) is 1.88. The van der Waals surface area contributed by atoms with Crippen LogP contribution in [-0.4, -0.2) is 30.8 Å². The van der Waals surface area contributed by atoms with Crippen LogP contribution >= 0.6 is 15.9 Å². The second-order valence-corrected chi connectivity index (χ2v) is 4.93. The van der Waals surface area contributed by atoms with Crippen LogP contribution in [0.3, 0.4) is 0 Å². The molecule has 8 nitrogen and oxygen atoms in total. The van der Waals surface area contributed by atoms with E-state index >= 15 is 0 Å². The van der Waals surface area contributed by atoms with Gasteiger partial charge in [-0.25, -0.2) is 14.5 Å². The van der Waals surface area contributed by atoms with Crippen molar-refractivity contribution in [2.75, 3.05) is 0 Å². The van der Waals surface area contributed by atoms with Crippen LogP contribution in [0.2, 0.25) is 0 Å². The molecule has 0 aliphatic heterocycles. The predicted octanol–water partition coefficient (Wildman–Crippen LogP) is 2.25. The van der Waals surface area contributed by atoms with E-state index in [-0.39, 0.29) is 28.5 Å². The highest BCUT2D eigenvalue weighted by atomic mass is 79.9. The molecule has 0 aromatic carbocycles. The molecule has 0 saturated carbocycles. The van der Waals surface area contributed by atoms with Gasteiger partial charge in [0, 0.05) is 16.7 Å². The minimum absolute atomic E-state index is 0.0176. The SMILES string of the molecule is Cc1nn(-c2ncc(Br)cc2[N+](=O)[O-])c(C)c1C(=O)O. The molecule has 1 N–H and O–H groups in total. The quantitative estimate of drug-likeness (QED) is 0.677. The van der Waals surface area contributed by atoms with E-state index in [9.17, 15) is 14.9 Å². The van der Waals surface area contributed by atoms with E-state index in [1.807, 2.05) is 0 Å². The average Bonchev–Trinajstić information content (AvgIpc) is 2.64. The summed E-state index contributed by atoms with van der Waals surface area (Å²) in [4.78, 5) is 25.6. The first kappa shape index (κ1) is 14.1. The zero-order chi connectivity index (χ0) is 15.0. The van der Waals surface area contributed by atoms with Crippen molar-refractivity contribution in [3.8, 4) is 5.82 Å². The van der Waals surface area contributed by atoms with Crippen molar-refractivity contribution in [3.05, 3.63) is 43.8 Å². The second-order valence-electron chi connectivity index (χ2n) is 4.02. The Morgan fingerprint density at radius 3 is 2.65 bits per heavy atom. The molecule has 0 radical (unpaired) electrons. The van der Waals surface area contributed by atoms with Crippen LogP contribution in [-0.2, 0) is 0 Å². The van der Waals surface area contributed by atoms with Gasteiger partial charge >= 0.3 is 11.7 Å². The number of nitrogens with zero attached hydrogens (tertiary/aromatic N) is 4. The molecule has 0 unspecified atom stereocenters. The summed E-state index contributed by atoms with van der Waals surface area (Å²) in [6.07, 6.45) is 1.39. The summed E-state index contributed by atoms with van der Waals surface area (Å²) < 4.78 is 1.62. The monoisotopic (exact) mass is 340 g/mol. The summed E-state index contributed by atoms with van der Waals surface area (Å²) in [6.45, 7) is 3.05. The van der Waals surface area contributed by atoms with Gasteiger partial charge in [0.25, 0.3) is 0 Å². The Bertz CT molecular complexity index is 725. The molecule has 0 spiro atoms. The lowest BCUT2D eigenvalue weighted by Crippen LogP contribution is -2.07. The first-order valence-electron chi connectivity index (χ1n) is 5.42. The zero-order valence-electron chi connectivity index (χ0n) is 10.5. The Hall–Kier alpha value is -2.29. The van der Waals surface area contributed by atoms with Crippen molar-refractivity contribution in [1.82, 2.24) is 14.8 Å². The molecule has 0 fully saturated rings. The maximum absolute atomic E-state index is 11.1. The largest absolute Gasteiger partial charge is 0.478 e. The molecule has 0 aliphatic carbocycles. The van der Waals surface area contributed by atoms with Gasteiger partial charge in [0.2, 0.25) is 5.82 Å². The fourth-order valence-corrected chi connectivity index (χ4v) is 2.20. The number of carboxylic acids is 1. The van der Waals surface area contributed by atoms with Crippen LogP contribution in [0, 0.1) is 24.0 Å². The molecule has 2 heterocycles. The third-order valence-corrected chi connectivity index (χ3v) is 3.15. The summed E-state index contributed by atoms with van der Waals surface area (Å²) in [5.74, 6) is -1.16. The van der Waals surface area contributed by atoms with Crippen LogP contribution in [0.25, 0.3) is 5.82 Å². The number of hydrogen-bond donors (Lipinski definition) is 1. The highest BCUT2D eigenvalue weighted by Gasteiger charge is 2.24. The minimum atomic E-state index is -1.13. The third kappa shape index (κ3) is 2.27. The molecular formula is C11H9BrN4O4. The summed E-state index contributed by atoms with van der Waals surface area (Å²) >= 11 is 3.11. The number of halogens is 1. The van der Waals surface area contributed by atoms with Crippen molar-refractivity contribution >= 4 is 27.6 Å². The van der Waals surface area contributed by atoms with Crippen molar-refractivity contribution in [1.29, 1.82) is 0 Å². The molecule has 0 amide bonds. The van der Waals surface area contributed by atoms with E-state index in [2.05, 4.69) is 26.0 Å². The molecule has 0 saturated heterocycles. The van der Waals surface area contributed by atoms with Gasteiger partial charge in [0.05, 0.1) is 16.3 Å². The van der Waals surface area contributed by atoms with Crippen LogP contribution < -0.4 is 0 Å². The molecular weight excluding hydrogens is 332 g/mol. The fraction of sp³-hybridized carbons (Fsp3) is 0.182. The molecule has 0 aliphatic rings. The van der Waals surface area contributed by atoms with Gasteiger partial charge in [-0.1, -0.05) is 0 Å². The van der Waals surface area contributed by atoms with E-state index in [1.165, 1.54) is 30.8 Å². The summed E-state index contributed by atoms with van der Waals surface area (Å²) in [6, 6.07) is 1.29. The maximum atomic E-state index is 11.1. The predicted molar refractivity (Wildman–Crippen MR) is 72.1 cm³/mol. The number of aromatic nitrogens is 3. The van der Waals surface area contributed by atoms with E-state index in [4.69, 9.17) is 5.11 Å². The first-order valence-corrected chi connectivity index (χ1v) is 6.22. The molecule has 0 bridgehead atoms. The standard InChI is InChI=1S/C11H9BrN4O4/c1-5-9(11(17)18)6(2)15(14-5)10-8(16(19)20)3-7(12)4-13-10/h3-4H,1-2H3,(H,17,18). The second kappa shape index (κ2) is 5.00. The molecule has 2 rings (SSSR count). The highest BCUT2D eigenvalue weighted by Crippen LogP contribution is 2.26. The Labute approximate surface area is 121 Å². The lowest BCUT2D eigenvalue weighted by molar-refractivity contribution is -0.385. The van der Waals surface area contributed by atoms with E-state index in [0.717, 1.165) is 0 Å². The van der Waals surface area contributed by atoms with Crippen LogP contribution in [0.1, 0.15) is 21.7 Å². The van der Waals surface area contributed by atoms with Gasteiger partial charge in [-0.15, -0.1) is 0 Å². The van der Waals surface area contributed by atoms with Crippen LogP contribution in [0.15, 0.2) is 16.7 Å². The third-order valence-electron chi connectivity index (χ3n) is 2.72. The van der Waals surface area contributed by atoms with Crippen LogP contribution in [0.5, 0.6) is 0 Å². The van der Waals surface area contributed by atoms with Gasteiger partial charge in [-0.05, 0) is 29.8 Å². The van der Waals surface area contributed by atoms with Gasteiger partial charge in [0.1, 0.15) is 5.56 Å². The van der Waals surface area contributed by atoms with Crippen LogP contribution in [0.4, 0.5) is 5.69 Å². The molecule has 2 aromatic heterocycles. The number of nitro groups is 1. The Kier molecular flexibility index (Phi) is 3.53. The normalized spacial score (nSPS) is 10.6. The highest BCUT2D eigenvalue weighted by molar-refractivity contribution is 9.10. The van der Waals surface area contributed by atoms with Crippen molar-refractivity contribution < 1.29 is 14.8 Å². The number of hydrogen-bond acceptors (Lipinski definition) is 5. The first-order chi connectivity index (χ1) is 9.32. The molecule has 104 valence electrons. The maximum Gasteiger partial charge on any atom is 0.339 e. The molecule has 2 aromatic rings. The number of aromatic carboxylic acids is 1. The van der Waals surface area contributed by atoms with E-state index < -0.39 is 10.9 Å². The van der Waals surface area contributed by atoms with Gasteiger partial charge in [-0.2, -0.15) is 5.10 Å². The summed E-state index contributed by atoms with van der Waals surface area (Å²) in [5, 5.41) is 24.2. The average molecular weight is 341 g/mol. The Balaban J connectivity index is 2.73. The summed E-state index contributed by atoms with van der Waals surface area (Å²) in [5.41, 5.74) is 0.313. The Morgan fingerprint density at radius 1 is 1.50 bits per heavy atom. The number of pyridine rings is 1. The lowest BCUT2D eigenvalue weighted by Gasteiger charge is -2.04. The van der Waals surface area contributed by atoms with Gasteiger partial charge in [0.15, 0.2) is 0 Å². The number of carboxylic acid groups (broad SMARTS) is 1.